The Hall–Kier alpha value is -3.14. The molecule has 114 valence electrons. The lowest BCUT2D eigenvalue weighted by Crippen LogP contribution is -2.08. The SMILES string of the molecule is C=Cc1oc2cc3cccc(C(=O)OC)c3cc2c(=O)c1C=C. The number of rotatable bonds is 3. The maximum atomic E-state index is 12.6. The Balaban J connectivity index is 2.48. The number of esters is 1. The number of methoxy groups -OCH3 is 1. The van der Waals surface area contributed by atoms with Crippen molar-refractivity contribution < 1.29 is 13.9 Å². The third-order valence-electron chi connectivity index (χ3n) is 3.75. The molecule has 4 heteroatoms. The fourth-order valence-electron chi connectivity index (χ4n) is 2.63. The molecule has 0 aliphatic rings. The van der Waals surface area contributed by atoms with Gasteiger partial charge in [-0.1, -0.05) is 31.4 Å². The molecule has 0 amide bonds. The first kappa shape index (κ1) is 14.8. The van der Waals surface area contributed by atoms with E-state index < -0.39 is 5.97 Å². The lowest BCUT2D eigenvalue weighted by atomic mass is 10.0. The molecule has 0 aliphatic heterocycles. The minimum Gasteiger partial charge on any atom is -0.465 e. The predicted octanol–water partition coefficient (Wildman–Crippen LogP) is 4.02. The van der Waals surface area contributed by atoms with Gasteiger partial charge in [-0.2, -0.15) is 0 Å². The minimum absolute atomic E-state index is 0.210. The van der Waals surface area contributed by atoms with E-state index in [1.165, 1.54) is 19.3 Å². The Kier molecular flexibility index (Phi) is 3.58. The van der Waals surface area contributed by atoms with Crippen molar-refractivity contribution in [1.29, 1.82) is 0 Å². The van der Waals surface area contributed by atoms with Crippen LogP contribution in [-0.4, -0.2) is 13.1 Å². The van der Waals surface area contributed by atoms with E-state index in [0.29, 0.717) is 33.2 Å². The summed E-state index contributed by atoms with van der Waals surface area (Å²) < 4.78 is 10.5. The first-order valence-corrected chi connectivity index (χ1v) is 6.97. The maximum absolute atomic E-state index is 12.6. The lowest BCUT2D eigenvalue weighted by Gasteiger charge is -2.08. The predicted molar refractivity (Wildman–Crippen MR) is 91.5 cm³/mol. The molecule has 0 radical (unpaired) electrons. The summed E-state index contributed by atoms with van der Waals surface area (Å²) in [7, 11) is 1.32. The monoisotopic (exact) mass is 306 g/mol. The highest BCUT2D eigenvalue weighted by atomic mass is 16.5. The van der Waals surface area contributed by atoms with Gasteiger partial charge in [0.2, 0.25) is 5.43 Å². The summed E-state index contributed by atoms with van der Waals surface area (Å²) in [5.41, 5.74) is 0.976. The molecule has 23 heavy (non-hydrogen) atoms. The summed E-state index contributed by atoms with van der Waals surface area (Å²) in [6, 6.07) is 8.65. The number of fused-ring (bicyclic) bond motifs is 2. The Bertz CT molecular complexity index is 1020. The van der Waals surface area contributed by atoms with Crippen LogP contribution in [0, 0.1) is 0 Å². The van der Waals surface area contributed by atoms with Gasteiger partial charge in [-0.3, -0.25) is 4.79 Å². The summed E-state index contributed by atoms with van der Waals surface area (Å²) >= 11 is 0. The van der Waals surface area contributed by atoms with Gasteiger partial charge in [0, 0.05) is 0 Å². The van der Waals surface area contributed by atoms with Crippen LogP contribution in [0.3, 0.4) is 0 Å². The second kappa shape index (κ2) is 5.57. The second-order valence-corrected chi connectivity index (χ2v) is 4.98. The molecule has 0 atom stereocenters. The van der Waals surface area contributed by atoms with Crippen molar-refractivity contribution in [1.82, 2.24) is 0 Å². The average Bonchev–Trinajstić information content (AvgIpc) is 2.58. The van der Waals surface area contributed by atoms with Gasteiger partial charge in [0.05, 0.1) is 23.6 Å². The highest BCUT2D eigenvalue weighted by Crippen LogP contribution is 2.26. The van der Waals surface area contributed by atoms with Crippen LogP contribution in [0.25, 0.3) is 33.9 Å². The third kappa shape index (κ3) is 2.25. The molecular formula is C19H14O4. The number of benzene rings is 2. The van der Waals surface area contributed by atoms with E-state index in [2.05, 4.69) is 13.2 Å². The number of carbonyl (C=O) groups excluding carboxylic acids is 1. The summed E-state index contributed by atoms with van der Waals surface area (Å²) in [6.45, 7) is 7.30. The van der Waals surface area contributed by atoms with Gasteiger partial charge in [-0.15, -0.1) is 0 Å². The first-order chi connectivity index (χ1) is 11.1. The van der Waals surface area contributed by atoms with Gasteiger partial charge in [-0.05, 0) is 35.0 Å². The van der Waals surface area contributed by atoms with Crippen LogP contribution in [0.5, 0.6) is 0 Å². The van der Waals surface area contributed by atoms with Crippen LogP contribution in [0.4, 0.5) is 0 Å². The smallest absolute Gasteiger partial charge is 0.338 e. The summed E-state index contributed by atoms with van der Waals surface area (Å²) in [6.07, 6.45) is 2.92. The van der Waals surface area contributed by atoms with E-state index in [-0.39, 0.29) is 5.43 Å². The molecule has 3 rings (SSSR count). The van der Waals surface area contributed by atoms with Crippen molar-refractivity contribution in [3.05, 3.63) is 70.6 Å². The van der Waals surface area contributed by atoms with Crippen LogP contribution >= 0.6 is 0 Å². The number of hydrogen-bond acceptors (Lipinski definition) is 4. The minimum atomic E-state index is -0.453. The maximum Gasteiger partial charge on any atom is 0.338 e. The van der Waals surface area contributed by atoms with Gasteiger partial charge in [0.25, 0.3) is 0 Å². The molecule has 1 aromatic heterocycles. The topological polar surface area (TPSA) is 56.5 Å². The van der Waals surface area contributed by atoms with Crippen LogP contribution < -0.4 is 5.43 Å². The highest BCUT2D eigenvalue weighted by molar-refractivity contribution is 6.08. The number of hydrogen-bond donors (Lipinski definition) is 0. The van der Waals surface area contributed by atoms with Gasteiger partial charge < -0.3 is 9.15 Å². The number of ether oxygens (including phenoxy) is 1. The van der Waals surface area contributed by atoms with Crippen molar-refractivity contribution in [3.8, 4) is 0 Å². The fourth-order valence-corrected chi connectivity index (χ4v) is 2.63. The Morgan fingerprint density at radius 3 is 2.61 bits per heavy atom. The molecule has 4 nitrogen and oxygen atoms in total. The van der Waals surface area contributed by atoms with Crippen molar-refractivity contribution >= 4 is 39.9 Å². The van der Waals surface area contributed by atoms with Crippen LogP contribution in [0.1, 0.15) is 21.7 Å². The molecule has 0 N–H and O–H groups in total. The summed E-state index contributed by atoms with van der Waals surface area (Å²) in [5.74, 6) is -0.0769. The zero-order valence-electron chi connectivity index (χ0n) is 12.6. The normalized spacial score (nSPS) is 10.7. The van der Waals surface area contributed by atoms with Gasteiger partial charge >= 0.3 is 5.97 Å². The van der Waals surface area contributed by atoms with Crippen molar-refractivity contribution in [2.45, 2.75) is 0 Å². The Morgan fingerprint density at radius 1 is 1.17 bits per heavy atom. The quantitative estimate of drug-likeness (QED) is 0.542. The zero-order chi connectivity index (χ0) is 16.6. The molecule has 1 heterocycles. The molecular weight excluding hydrogens is 292 g/mol. The van der Waals surface area contributed by atoms with Crippen LogP contribution in [0.15, 0.2) is 52.7 Å². The van der Waals surface area contributed by atoms with Crippen molar-refractivity contribution in [3.63, 3.8) is 0 Å². The van der Waals surface area contributed by atoms with E-state index in [4.69, 9.17) is 9.15 Å². The van der Waals surface area contributed by atoms with Gasteiger partial charge in [0.15, 0.2) is 0 Å². The van der Waals surface area contributed by atoms with E-state index in [1.807, 2.05) is 6.07 Å². The molecule has 0 aliphatic carbocycles. The highest BCUT2D eigenvalue weighted by Gasteiger charge is 2.15. The zero-order valence-corrected chi connectivity index (χ0v) is 12.6. The lowest BCUT2D eigenvalue weighted by molar-refractivity contribution is 0.0603. The van der Waals surface area contributed by atoms with Crippen molar-refractivity contribution in [2.24, 2.45) is 0 Å². The van der Waals surface area contributed by atoms with Crippen LogP contribution in [0.2, 0.25) is 0 Å². The van der Waals surface area contributed by atoms with E-state index in [1.54, 1.807) is 24.3 Å². The van der Waals surface area contributed by atoms with Crippen molar-refractivity contribution in [2.75, 3.05) is 7.11 Å². The molecule has 0 unspecified atom stereocenters. The van der Waals surface area contributed by atoms with E-state index in [9.17, 15) is 9.59 Å². The van der Waals surface area contributed by atoms with Gasteiger partial charge in [0.1, 0.15) is 11.3 Å². The molecule has 0 saturated heterocycles. The molecule has 0 spiro atoms. The summed E-state index contributed by atoms with van der Waals surface area (Å²) in [4.78, 5) is 24.6. The number of carbonyl (C=O) groups is 1. The third-order valence-corrected chi connectivity index (χ3v) is 3.75. The molecule has 0 bridgehead atoms. The Labute approximate surface area is 132 Å². The molecule has 3 aromatic rings. The molecule has 2 aromatic carbocycles. The van der Waals surface area contributed by atoms with E-state index >= 15 is 0 Å². The Morgan fingerprint density at radius 2 is 1.96 bits per heavy atom. The molecule has 0 fully saturated rings. The standard InChI is InChI=1S/C19H14O4/c1-4-12-16(5-2)23-17-9-11-7-6-8-13(19(21)22-3)14(11)10-15(17)18(12)20/h4-10H,1-2H2,3H3. The van der Waals surface area contributed by atoms with Crippen LogP contribution in [-0.2, 0) is 4.74 Å². The van der Waals surface area contributed by atoms with E-state index in [0.717, 1.165) is 5.39 Å². The summed E-state index contributed by atoms with van der Waals surface area (Å²) in [5, 5.41) is 1.81. The molecule has 0 saturated carbocycles. The van der Waals surface area contributed by atoms with Gasteiger partial charge in [-0.25, -0.2) is 4.79 Å². The second-order valence-electron chi connectivity index (χ2n) is 4.98. The first-order valence-electron chi connectivity index (χ1n) is 6.97. The largest absolute Gasteiger partial charge is 0.465 e. The average molecular weight is 306 g/mol. The fraction of sp³-hybridized carbons (Fsp3) is 0.0526.